The first kappa shape index (κ1) is 56.2. The van der Waals surface area contributed by atoms with E-state index in [2.05, 4.69) is 53.5 Å². The number of guanidine groups is 2. The molecule has 0 aliphatic heterocycles. The number of rotatable bonds is 28. The molecule has 23 heteroatoms. The lowest BCUT2D eigenvalue weighted by Gasteiger charge is -2.19. The lowest BCUT2D eigenvalue weighted by atomic mass is 10.1. The van der Waals surface area contributed by atoms with Gasteiger partial charge in [-0.05, 0) is 76.8 Å². The van der Waals surface area contributed by atoms with Crippen LogP contribution in [0.2, 0.25) is 10.0 Å². The summed E-state index contributed by atoms with van der Waals surface area (Å²) in [6.45, 7) is 9.76. The summed E-state index contributed by atoms with van der Waals surface area (Å²) in [6, 6.07) is 6.14. The van der Waals surface area contributed by atoms with Gasteiger partial charge in [-0.15, -0.1) is 30.1 Å². The molecule has 1 atom stereocenters. The number of benzene rings is 2. The Hall–Kier alpha value is -5.77. The van der Waals surface area contributed by atoms with Gasteiger partial charge in [-0.2, -0.15) is 0 Å². The molecule has 350 valence electrons. The Bertz CT molecular complexity index is 2010. The van der Waals surface area contributed by atoms with E-state index in [1.165, 1.54) is 47.9 Å². The highest BCUT2D eigenvalue weighted by molar-refractivity contribution is 7.99. The second-order valence-corrected chi connectivity index (χ2v) is 16.3. The summed E-state index contributed by atoms with van der Waals surface area (Å²) in [4.78, 5) is 88.2. The third kappa shape index (κ3) is 23.6. The SMILES string of the molecule is C=CC.CC=N/C(=C\C(C)C(=O)Nc1cc(Cl)cc(NC(=O)CCCCN=C(N)N)c1SCCNC=O)C(=O)Nc1cc(Cl)cc(NC(=O)CCCCN=C(N)N)c1SCCNC=O. The maximum atomic E-state index is 13.8. The zero-order chi connectivity index (χ0) is 47.9. The Kier molecular flexibility index (Phi) is 28.9. The number of hydrogen-bond donors (Lipinski definition) is 10. The Morgan fingerprint density at radius 1 is 0.703 bits per heavy atom. The maximum absolute atomic E-state index is 13.8. The van der Waals surface area contributed by atoms with Crippen molar-refractivity contribution in [3.05, 3.63) is 58.7 Å². The molecule has 19 nitrogen and oxygen atoms in total. The largest absolute Gasteiger partial charge is 0.370 e. The molecule has 1 unspecified atom stereocenters. The van der Waals surface area contributed by atoms with Crippen LogP contribution in [0.25, 0.3) is 0 Å². The minimum absolute atomic E-state index is 0.0307. The van der Waals surface area contributed by atoms with Gasteiger partial charge in [0.2, 0.25) is 30.5 Å². The van der Waals surface area contributed by atoms with Crippen LogP contribution in [-0.4, -0.2) is 92.3 Å². The number of carbonyl (C=O) groups excluding carboxylic acids is 6. The minimum Gasteiger partial charge on any atom is -0.370 e. The van der Waals surface area contributed by atoms with Crippen LogP contribution in [0.5, 0.6) is 0 Å². The van der Waals surface area contributed by atoms with Crippen molar-refractivity contribution in [1.82, 2.24) is 10.6 Å². The molecule has 0 heterocycles. The van der Waals surface area contributed by atoms with Crippen molar-refractivity contribution in [2.45, 2.75) is 69.1 Å². The van der Waals surface area contributed by atoms with Gasteiger partial charge >= 0.3 is 0 Å². The summed E-state index contributed by atoms with van der Waals surface area (Å²) in [5, 5.41) is 17.0. The zero-order valence-electron chi connectivity index (χ0n) is 36.1. The number of thioether (sulfide) groups is 2. The molecule has 0 bridgehead atoms. The molecule has 14 N–H and O–H groups in total. The monoisotopic (exact) mass is 963 g/mol. The van der Waals surface area contributed by atoms with E-state index in [1.807, 2.05) is 6.92 Å². The third-order valence-corrected chi connectivity index (χ3v) is 10.6. The number of allylic oxidation sites excluding steroid dienone is 1. The summed E-state index contributed by atoms with van der Waals surface area (Å²) in [5.41, 5.74) is 22.6. The van der Waals surface area contributed by atoms with Gasteiger partial charge < -0.3 is 54.8 Å². The smallest absolute Gasteiger partial charge is 0.273 e. The first-order chi connectivity index (χ1) is 30.6. The molecule has 0 saturated carbocycles. The normalized spacial score (nSPS) is 11.2. The van der Waals surface area contributed by atoms with Crippen LogP contribution >= 0.6 is 46.7 Å². The van der Waals surface area contributed by atoms with E-state index in [4.69, 9.17) is 46.1 Å². The number of aliphatic imine (C=N–C) groups is 3. The third-order valence-electron chi connectivity index (χ3n) is 7.85. The summed E-state index contributed by atoms with van der Waals surface area (Å²) in [5.74, 6) is -2.07. The van der Waals surface area contributed by atoms with Crippen molar-refractivity contribution < 1.29 is 28.8 Å². The van der Waals surface area contributed by atoms with E-state index in [1.54, 1.807) is 32.1 Å². The molecule has 2 aromatic rings. The molecular formula is C41H59Cl2N13O6S2. The first-order valence-corrected chi connectivity index (χ1v) is 22.7. The molecule has 0 saturated heterocycles. The molecule has 0 aromatic heterocycles. The average Bonchev–Trinajstić information content (AvgIpc) is 3.22. The van der Waals surface area contributed by atoms with Crippen LogP contribution in [-0.2, 0) is 28.8 Å². The summed E-state index contributed by atoms with van der Waals surface area (Å²) in [7, 11) is 0. The lowest BCUT2D eigenvalue weighted by Crippen LogP contribution is -2.23. The fourth-order valence-electron chi connectivity index (χ4n) is 5.11. The van der Waals surface area contributed by atoms with Gasteiger partial charge in [0, 0.05) is 66.8 Å². The number of nitrogens with two attached hydrogens (primary N) is 4. The number of amides is 6. The topological polar surface area (TPSA) is 316 Å². The number of anilines is 4. The number of halogens is 2. The number of carbonyl (C=O) groups is 6. The number of nitrogens with zero attached hydrogens (tertiary/aromatic N) is 3. The van der Waals surface area contributed by atoms with Gasteiger partial charge in [-0.3, -0.25) is 43.7 Å². The van der Waals surface area contributed by atoms with E-state index < -0.39 is 17.7 Å². The van der Waals surface area contributed by atoms with Gasteiger partial charge in [0.15, 0.2) is 11.9 Å². The van der Waals surface area contributed by atoms with Crippen molar-refractivity contribution in [1.29, 1.82) is 0 Å². The summed E-state index contributed by atoms with van der Waals surface area (Å²) in [6.07, 6.45) is 8.14. The Balaban J connectivity index is 0.00000662. The van der Waals surface area contributed by atoms with Crippen molar-refractivity contribution in [3.63, 3.8) is 0 Å². The van der Waals surface area contributed by atoms with E-state index in [0.717, 1.165) is 0 Å². The molecule has 2 aromatic carbocycles. The van der Waals surface area contributed by atoms with Gasteiger partial charge in [0.05, 0.1) is 38.5 Å². The Morgan fingerprint density at radius 2 is 1.11 bits per heavy atom. The van der Waals surface area contributed by atoms with Crippen molar-refractivity contribution in [2.24, 2.45) is 43.8 Å². The first-order valence-electron chi connectivity index (χ1n) is 20.0. The predicted octanol–water partition coefficient (Wildman–Crippen LogP) is 4.81. The summed E-state index contributed by atoms with van der Waals surface area (Å²) < 4.78 is 0. The molecular weight excluding hydrogens is 906 g/mol. The molecule has 0 fully saturated rings. The van der Waals surface area contributed by atoms with Gasteiger partial charge in [0.25, 0.3) is 5.91 Å². The second-order valence-electron chi connectivity index (χ2n) is 13.2. The lowest BCUT2D eigenvalue weighted by molar-refractivity contribution is -0.118. The van der Waals surface area contributed by atoms with Gasteiger partial charge in [-0.1, -0.05) is 29.3 Å². The Morgan fingerprint density at radius 3 is 1.50 bits per heavy atom. The zero-order valence-corrected chi connectivity index (χ0v) is 39.3. The van der Waals surface area contributed by atoms with E-state index in [9.17, 15) is 28.8 Å². The van der Waals surface area contributed by atoms with Crippen LogP contribution < -0.4 is 54.8 Å². The molecule has 0 spiro atoms. The maximum Gasteiger partial charge on any atom is 0.273 e. The van der Waals surface area contributed by atoms with Crippen LogP contribution in [0.1, 0.15) is 59.3 Å². The fraction of sp³-hybridized carbons (Fsp3) is 0.390. The predicted molar refractivity (Wildman–Crippen MR) is 263 cm³/mol. The quantitative estimate of drug-likeness (QED) is 0.0104. The fourth-order valence-corrected chi connectivity index (χ4v) is 7.46. The standard InChI is InChI=1S/C38H53Cl2N13O6S2.C3H6/c1-3-47-30(36(59)53-29-20-25(40)18-27(34(29)61-15-13-46-22-55)51-32(57)9-5-7-11-49-38(43)44)16-23(2)35(58)52-28-19-24(39)17-26(33(28)60-14-12-45-21-54)50-31(56)8-4-6-10-48-37(41)42;1-3-2/h3,16-23H,4-15H2,1-2H3,(H,45,54)(H,46,55)(H,50,56)(H,51,57)(H,52,58)(H,53,59)(H4,41,42,48)(H4,43,44,49);3H,1H2,2H3/b30-16-,47-3?;. The van der Waals surface area contributed by atoms with Crippen molar-refractivity contribution in [2.75, 3.05) is 59.0 Å². The van der Waals surface area contributed by atoms with E-state index in [-0.39, 0.29) is 63.7 Å². The highest BCUT2D eigenvalue weighted by Crippen LogP contribution is 2.39. The van der Waals surface area contributed by atoms with E-state index >= 15 is 0 Å². The van der Waals surface area contributed by atoms with Crippen LogP contribution in [0.3, 0.4) is 0 Å². The van der Waals surface area contributed by atoms with Gasteiger partial charge in [0.1, 0.15) is 5.70 Å². The number of unbranched alkanes of at least 4 members (excludes halogenated alkanes) is 2. The molecule has 64 heavy (non-hydrogen) atoms. The highest BCUT2D eigenvalue weighted by atomic mass is 35.5. The highest BCUT2D eigenvalue weighted by Gasteiger charge is 2.22. The van der Waals surface area contributed by atoms with Crippen molar-refractivity contribution in [3.8, 4) is 0 Å². The van der Waals surface area contributed by atoms with Crippen molar-refractivity contribution >= 4 is 124 Å². The van der Waals surface area contributed by atoms with Crippen LogP contribution in [0.4, 0.5) is 22.7 Å². The van der Waals surface area contributed by atoms with Crippen LogP contribution in [0, 0.1) is 5.92 Å². The molecule has 0 aliphatic carbocycles. The number of hydrogen-bond acceptors (Lipinski definition) is 11. The van der Waals surface area contributed by atoms with Gasteiger partial charge in [-0.25, -0.2) is 0 Å². The average molecular weight is 965 g/mol. The number of nitrogens with one attached hydrogen (secondary N) is 6. The van der Waals surface area contributed by atoms with E-state index in [0.29, 0.717) is 97.4 Å². The molecule has 6 amide bonds. The molecule has 0 aliphatic rings. The minimum atomic E-state index is -0.939. The Labute approximate surface area is 392 Å². The van der Waals surface area contributed by atoms with Crippen LogP contribution in [0.15, 0.2) is 73.5 Å². The second kappa shape index (κ2) is 32.8. The molecule has 0 radical (unpaired) electrons. The molecule has 2 rings (SSSR count). The summed E-state index contributed by atoms with van der Waals surface area (Å²) >= 11 is 15.5.